The van der Waals surface area contributed by atoms with Crippen molar-refractivity contribution in [2.24, 2.45) is 0 Å². The number of nitrogens with zero attached hydrogens (tertiary/aromatic N) is 5. The normalized spacial score (nSPS) is 16.5. The van der Waals surface area contributed by atoms with Crippen LogP contribution >= 0.6 is 0 Å². The highest BCUT2D eigenvalue weighted by Gasteiger charge is 2.32. The summed E-state index contributed by atoms with van der Waals surface area (Å²) in [5.41, 5.74) is 0.584. The lowest BCUT2D eigenvalue weighted by molar-refractivity contribution is 0.0685. The zero-order chi connectivity index (χ0) is 23.9. The smallest absolute Gasteiger partial charge is 0.293 e. The Labute approximate surface area is 195 Å². The number of carbonyl (C=O) groups is 1. The summed E-state index contributed by atoms with van der Waals surface area (Å²) in [5, 5.41) is 4.28. The van der Waals surface area contributed by atoms with E-state index in [0.29, 0.717) is 36.2 Å². The van der Waals surface area contributed by atoms with Crippen LogP contribution in [0, 0.1) is 12.7 Å². The van der Waals surface area contributed by atoms with E-state index in [4.69, 9.17) is 9.47 Å². The fourth-order valence-corrected chi connectivity index (χ4v) is 5.35. The molecule has 0 atom stereocenters. The van der Waals surface area contributed by atoms with Gasteiger partial charge in [0.05, 0.1) is 10.6 Å². The minimum Gasteiger partial charge on any atom is -0.486 e. The van der Waals surface area contributed by atoms with E-state index >= 15 is 0 Å². The van der Waals surface area contributed by atoms with Crippen molar-refractivity contribution in [2.75, 3.05) is 39.4 Å². The number of ether oxygens (including phenoxy) is 2. The monoisotopic (exact) mass is 487 g/mol. The maximum atomic E-state index is 13.2. The van der Waals surface area contributed by atoms with Crippen molar-refractivity contribution in [1.82, 2.24) is 24.0 Å². The quantitative estimate of drug-likeness (QED) is 0.551. The minimum atomic E-state index is -3.76. The Morgan fingerprint density at radius 2 is 1.65 bits per heavy atom. The van der Waals surface area contributed by atoms with Crippen LogP contribution in [0.3, 0.4) is 0 Å². The fourth-order valence-electron chi connectivity index (χ4n) is 3.91. The van der Waals surface area contributed by atoms with Gasteiger partial charge in [0, 0.05) is 32.2 Å². The summed E-state index contributed by atoms with van der Waals surface area (Å²) in [6.45, 7) is 3.16. The Bertz CT molecular complexity index is 1330. The molecule has 3 heterocycles. The second kappa shape index (κ2) is 8.69. The number of aryl methyl sites for hydroxylation is 1. The number of hydrogen-bond acceptors (Lipinski definition) is 7. The van der Waals surface area contributed by atoms with Crippen molar-refractivity contribution in [2.45, 2.75) is 11.8 Å². The van der Waals surface area contributed by atoms with Gasteiger partial charge in [0.1, 0.15) is 24.9 Å². The van der Waals surface area contributed by atoms with Crippen molar-refractivity contribution in [3.05, 3.63) is 59.9 Å². The topological polar surface area (TPSA) is 107 Å². The van der Waals surface area contributed by atoms with E-state index in [1.54, 1.807) is 25.1 Å². The van der Waals surface area contributed by atoms with Gasteiger partial charge in [-0.15, -0.1) is 5.10 Å². The molecule has 2 aliphatic rings. The lowest BCUT2D eigenvalue weighted by atomic mass is 10.3. The molecule has 34 heavy (non-hydrogen) atoms. The number of rotatable bonds is 4. The summed E-state index contributed by atoms with van der Waals surface area (Å²) < 4.78 is 53.2. The number of aromatic nitrogens is 3. The van der Waals surface area contributed by atoms with Gasteiger partial charge in [0.25, 0.3) is 5.91 Å². The molecule has 3 aromatic rings. The molecule has 2 aromatic carbocycles. The molecule has 0 bridgehead atoms. The van der Waals surface area contributed by atoms with E-state index in [9.17, 15) is 17.6 Å². The van der Waals surface area contributed by atoms with Gasteiger partial charge in [-0.1, -0.05) is 0 Å². The third kappa shape index (κ3) is 4.10. The Hall–Kier alpha value is -3.51. The number of hydrogen-bond donors (Lipinski definition) is 0. The minimum absolute atomic E-state index is 0.00460. The van der Waals surface area contributed by atoms with Crippen molar-refractivity contribution < 1.29 is 27.1 Å². The second-order valence-corrected chi connectivity index (χ2v) is 9.81. The first-order valence-corrected chi connectivity index (χ1v) is 12.2. The average Bonchev–Trinajstić information content (AvgIpc) is 3.25. The molecule has 10 nitrogen and oxygen atoms in total. The lowest BCUT2D eigenvalue weighted by Crippen LogP contribution is -2.50. The third-order valence-electron chi connectivity index (χ3n) is 5.71. The Morgan fingerprint density at radius 3 is 2.35 bits per heavy atom. The molecule has 2 aliphatic heterocycles. The van der Waals surface area contributed by atoms with Crippen LogP contribution in [-0.4, -0.2) is 77.7 Å². The molecule has 0 saturated carbocycles. The molecular formula is C22H22FN5O5S. The lowest BCUT2D eigenvalue weighted by Gasteiger charge is -2.33. The maximum Gasteiger partial charge on any atom is 0.293 e. The van der Waals surface area contributed by atoms with Crippen LogP contribution in [0.5, 0.6) is 11.5 Å². The predicted molar refractivity (Wildman–Crippen MR) is 118 cm³/mol. The fraction of sp³-hybridized carbons (Fsp3) is 0.318. The SMILES string of the molecule is Cc1nc(C(=O)N2CCN(S(=O)(=O)c3ccc4c(c3)OCCO4)CC2)nn1-c1ccc(F)cc1. The standard InChI is InChI=1S/C22H22FN5O5S/c1-15-24-21(25-28(15)17-4-2-16(23)3-5-17)22(29)26-8-10-27(11-9-26)34(30,31)18-6-7-19-20(14-18)33-13-12-32-19/h2-7,14H,8-13H2,1H3. The highest BCUT2D eigenvalue weighted by Crippen LogP contribution is 2.33. The highest BCUT2D eigenvalue weighted by molar-refractivity contribution is 7.89. The number of piperazine rings is 1. The van der Waals surface area contributed by atoms with Crippen LogP contribution in [0.4, 0.5) is 4.39 Å². The summed E-state index contributed by atoms with van der Waals surface area (Å²) in [5.74, 6) is 0.643. The number of benzene rings is 2. The Balaban J connectivity index is 1.27. The molecule has 12 heteroatoms. The van der Waals surface area contributed by atoms with Crippen molar-refractivity contribution in [3.8, 4) is 17.2 Å². The molecule has 0 aliphatic carbocycles. The van der Waals surface area contributed by atoms with Crippen LogP contribution in [0.1, 0.15) is 16.4 Å². The first kappa shape index (κ1) is 22.3. The number of amides is 1. The van der Waals surface area contributed by atoms with Gasteiger partial charge in [0.15, 0.2) is 11.5 Å². The van der Waals surface area contributed by atoms with Gasteiger partial charge in [-0.3, -0.25) is 4.79 Å². The molecule has 1 fully saturated rings. The largest absolute Gasteiger partial charge is 0.486 e. The summed E-state index contributed by atoms with van der Waals surface area (Å²) in [7, 11) is -3.76. The summed E-state index contributed by atoms with van der Waals surface area (Å²) in [6.07, 6.45) is 0. The molecule has 1 saturated heterocycles. The number of sulfonamides is 1. The van der Waals surface area contributed by atoms with E-state index < -0.39 is 10.0 Å². The highest BCUT2D eigenvalue weighted by atomic mass is 32.2. The molecule has 178 valence electrons. The number of halogens is 1. The molecule has 0 N–H and O–H groups in total. The zero-order valence-corrected chi connectivity index (χ0v) is 19.2. The van der Waals surface area contributed by atoms with Crippen molar-refractivity contribution >= 4 is 15.9 Å². The van der Waals surface area contributed by atoms with E-state index in [0.717, 1.165) is 0 Å². The van der Waals surface area contributed by atoms with Crippen molar-refractivity contribution in [3.63, 3.8) is 0 Å². The molecular weight excluding hydrogens is 465 g/mol. The number of carbonyl (C=O) groups excluding carboxylic acids is 1. The summed E-state index contributed by atoms with van der Waals surface area (Å²) in [6, 6.07) is 10.3. The average molecular weight is 488 g/mol. The first-order chi connectivity index (χ1) is 16.3. The van der Waals surface area contributed by atoms with Gasteiger partial charge in [-0.05, 0) is 43.3 Å². The van der Waals surface area contributed by atoms with E-state index in [2.05, 4.69) is 10.1 Å². The Morgan fingerprint density at radius 1 is 0.971 bits per heavy atom. The van der Waals surface area contributed by atoms with Crippen LogP contribution in [0.15, 0.2) is 47.4 Å². The molecule has 0 radical (unpaired) electrons. The molecule has 0 spiro atoms. The van der Waals surface area contributed by atoms with Gasteiger partial charge < -0.3 is 14.4 Å². The second-order valence-electron chi connectivity index (χ2n) is 7.87. The van der Waals surface area contributed by atoms with Gasteiger partial charge in [0.2, 0.25) is 15.8 Å². The van der Waals surface area contributed by atoms with Crippen LogP contribution < -0.4 is 9.47 Å². The van der Waals surface area contributed by atoms with Gasteiger partial charge in [-0.25, -0.2) is 22.5 Å². The van der Waals surface area contributed by atoms with E-state index in [1.165, 1.54) is 38.2 Å². The molecule has 5 rings (SSSR count). The summed E-state index contributed by atoms with van der Waals surface area (Å²) >= 11 is 0. The van der Waals surface area contributed by atoms with Gasteiger partial charge >= 0.3 is 0 Å². The predicted octanol–water partition coefficient (Wildman–Crippen LogP) is 1.63. The maximum absolute atomic E-state index is 13.2. The van der Waals surface area contributed by atoms with E-state index in [-0.39, 0.29) is 48.6 Å². The molecule has 0 unspecified atom stereocenters. The first-order valence-electron chi connectivity index (χ1n) is 10.7. The Kier molecular flexibility index (Phi) is 5.70. The number of fused-ring (bicyclic) bond motifs is 1. The third-order valence-corrected chi connectivity index (χ3v) is 7.60. The zero-order valence-electron chi connectivity index (χ0n) is 18.3. The summed E-state index contributed by atoms with van der Waals surface area (Å²) in [4.78, 5) is 18.9. The van der Waals surface area contributed by atoms with Crippen LogP contribution in [-0.2, 0) is 10.0 Å². The van der Waals surface area contributed by atoms with Crippen LogP contribution in [0.2, 0.25) is 0 Å². The van der Waals surface area contributed by atoms with Crippen molar-refractivity contribution in [1.29, 1.82) is 0 Å². The molecule has 1 amide bonds. The van der Waals surface area contributed by atoms with Gasteiger partial charge in [-0.2, -0.15) is 4.31 Å². The van der Waals surface area contributed by atoms with Crippen LogP contribution in [0.25, 0.3) is 5.69 Å². The molecule has 1 aromatic heterocycles. The van der Waals surface area contributed by atoms with E-state index in [1.807, 2.05) is 0 Å².